The average molecular weight is 501 g/mol. The zero-order chi connectivity index (χ0) is 26.1. The van der Waals surface area contributed by atoms with Crippen molar-refractivity contribution in [3.63, 3.8) is 0 Å². The van der Waals surface area contributed by atoms with E-state index in [1.807, 2.05) is 56.8 Å². The lowest BCUT2D eigenvalue weighted by molar-refractivity contribution is 0.0827. The SMILES string of the molecule is CNc1ccc(-c2ccnc3c2cc(CN2CC[C@H](c4ccc(C(=O)N(C)C)cc4)[C@@H](F)C2)n3C)nc1. The summed E-state index contributed by atoms with van der Waals surface area (Å²) in [6.45, 7) is 1.83. The fraction of sp³-hybridized carbons (Fsp3) is 0.345. The number of amides is 1. The van der Waals surface area contributed by atoms with Gasteiger partial charge in [-0.05, 0) is 54.9 Å². The molecule has 0 aliphatic carbocycles. The summed E-state index contributed by atoms with van der Waals surface area (Å²) < 4.78 is 17.5. The van der Waals surface area contributed by atoms with Crippen LogP contribution in [0.5, 0.6) is 0 Å². The van der Waals surface area contributed by atoms with E-state index in [9.17, 15) is 4.79 Å². The van der Waals surface area contributed by atoms with Crippen LogP contribution in [0.4, 0.5) is 10.1 Å². The van der Waals surface area contributed by atoms with Gasteiger partial charge in [0.15, 0.2) is 0 Å². The molecule has 0 spiro atoms. The molecule has 3 aromatic heterocycles. The molecule has 0 saturated carbocycles. The number of carbonyl (C=O) groups is 1. The van der Waals surface area contributed by atoms with Gasteiger partial charge < -0.3 is 14.8 Å². The van der Waals surface area contributed by atoms with Gasteiger partial charge in [-0.2, -0.15) is 0 Å². The molecule has 4 heterocycles. The zero-order valence-corrected chi connectivity index (χ0v) is 21.8. The van der Waals surface area contributed by atoms with Crippen LogP contribution in [0.3, 0.4) is 0 Å². The van der Waals surface area contributed by atoms with E-state index in [0.717, 1.165) is 52.2 Å². The Morgan fingerprint density at radius 3 is 2.57 bits per heavy atom. The number of piperidine rings is 1. The molecule has 1 aromatic carbocycles. The fourth-order valence-electron chi connectivity index (χ4n) is 5.19. The minimum atomic E-state index is -0.970. The van der Waals surface area contributed by atoms with E-state index < -0.39 is 6.17 Å². The number of anilines is 1. The van der Waals surface area contributed by atoms with Crippen molar-refractivity contribution in [1.82, 2.24) is 24.3 Å². The van der Waals surface area contributed by atoms with Crippen LogP contribution in [0, 0.1) is 0 Å². The molecule has 8 heteroatoms. The summed E-state index contributed by atoms with van der Waals surface area (Å²) in [5.74, 6) is -0.205. The second-order valence-electron chi connectivity index (χ2n) is 9.94. The Bertz CT molecular complexity index is 1400. The molecular formula is C29H33FN6O. The number of halogens is 1. The van der Waals surface area contributed by atoms with E-state index in [0.29, 0.717) is 18.7 Å². The first kappa shape index (κ1) is 24.9. The molecule has 7 nitrogen and oxygen atoms in total. The van der Waals surface area contributed by atoms with Crippen molar-refractivity contribution >= 4 is 22.6 Å². The Morgan fingerprint density at radius 1 is 1.14 bits per heavy atom. The van der Waals surface area contributed by atoms with Crippen LogP contribution in [0.25, 0.3) is 22.3 Å². The summed E-state index contributed by atoms with van der Waals surface area (Å²) in [5, 5.41) is 4.14. The topological polar surface area (TPSA) is 66.3 Å². The minimum Gasteiger partial charge on any atom is -0.387 e. The van der Waals surface area contributed by atoms with Crippen molar-refractivity contribution in [2.45, 2.75) is 25.1 Å². The van der Waals surface area contributed by atoms with Gasteiger partial charge in [-0.3, -0.25) is 14.7 Å². The third kappa shape index (κ3) is 4.93. The lowest BCUT2D eigenvalue weighted by Gasteiger charge is -2.35. The Hall–Kier alpha value is -3.78. The number of nitrogens with zero attached hydrogens (tertiary/aromatic N) is 5. The van der Waals surface area contributed by atoms with E-state index in [4.69, 9.17) is 0 Å². The summed E-state index contributed by atoms with van der Waals surface area (Å²) in [6, 6.07) is 15.6. The second kappa shape index (κ2) is 10.3. The van der Waals surface area contributed by atoms with Crippen LogP contribution in [0.1, 0.15) is 34.0 Å². The Morgan fingerprint density at radius 2 is 1.92 bits per heavy atom. The number of aryl methyl sites for hydroxylation is 1. The van der Waals surface area contributed by atoms with E-state index >= 15 is 4.39 Å². The predicted molar refractivity (Wildman–Crippen MR) is 145 cm³/mol. The molecule has 2 atom stereocenters. The second-order valence-corrected chi connectivity index (χ2v) is 9.94. The minimum absolute atomic E-state index is 0.0449. The first-order chi connectivity index (χ1) is 17.9. The summed E-state index contributed by atoms with van der Waals surface area (Å²) in [4.78, 5) is 25.1. The number of likely N-dealkylation sites (tertiary alicyclic amines) is 1. The molecule has 1 aliphatic heterocycles. The van der Waals surface area contributed by atoms with Gasteiger partial charge in [0, 0.05) is 75.6 Å². The van der Waals surface area contributed by atoms with Gasteiger partial charge in [-0.25, -0.2) is 9.37 Å². The van der Waals surface area contributed by atoms with Gasteiger partial charge in [-0.1, -0.05) is 12.1 Å². The average Bonchev–Trinajstić information content (AvgIpc) is 3.23. The third-order valence-electron chi connectivity index (χ3n) is 7.36. The number of aromatic nitrogens is 3. The Kier molecular flexibility index (Phi) is 6.93. The Labute approximate surface area is 216 Å². The van der Waals surface area contributed by atoms with Crippen molar-refractivity contribution in [3.8, 4) is 11.3 Å². The van der Waals surface area contributed by atoms with Crippen LogP contribution < -0.4 is 5.32 Å². The first-order valence-electron chi connectivity index (χ1n) is 12.6. The number of benzene rings is 1. The van der Waals surface area contributed by atoms with Gasteiger partial charge in [0.1, 0.15) is 11.8 Å². The highest BCUT2D eigenvalue weighted by Crippen LogP contribution is 2.33. The number of carbonyl (C=O) groups excluding carboxylic acids is 1. The third-order valence-corrected chi connectivity index (χ3v) is 7.36. The summed E-state index contributed by atoms with van der Waals surface area (Å²) in [5.41, 5.74) is 6.46. The molecule has 0 bridgehead atoms. The quantitative estimate of drug-likeness (QED) is 0.416. The van der Waals surface area contributed by atoms with E-state index in [2.05, 4.69) is 30.8 Å². The molecule has 1 aliphatic rings. The van der Waals surface area contributed by atoms with Crippen LogP contribution in [0.15, 0.2) is 60.9 Å². The standard InChI is InChI=1S/C29H33FN6O/c1-31-21-9-10-27(33-16-21)24-11-13-32-28-25(24)15-22(35(28)4)17-36-14-12-23(26(30)18-36)19-5-7-20(8-6-19)29(37)34(2)3/h5-11,13,15-16,23,26,31H,12,14,17-18H2,1-4H3/t23-,26+/m1/s1. The van der Waals surface area contributed by atoms with E-state index in [1.165, 1.54) is 0 Å². The number of fused-ring (bicyclic) bond motifs is 1. The monoisotopic (exact) mass is 500 g/mol. The summed E-state index contributed by atoms with van der Waals surface area (Å²) in [6.07, 6.45) is 3.40. The number of nitrogens with one attached hydrogen (secondary N) is 1. The highest BCUT2D eigenvalue weighted by molar-refractivity contribution is 5.94. The van der Waals surface area contributed by atoms with Crippen LogP contribution in [0.2, 0.25) is 0 Å². The van der Waals surface area contributed by atoms with Gasteiger partial charge >= 0.3 is 0 Å². The van der Waals surface area contributed by atoms with Crippen LogP contribution in [-0.4, -0.2) is 70.6 Å². The lowest BCUT2D eigenvalue weighted by atomic mass is 9.87. The van der Waals surface area contributed by atoms with Crippen molar-refractivity contribution < 1.29 is 9.18 Å². The van der Waals surface area contributed by atoms with Gasteiger partial charge in [0.05, 0.1) is 17.6 Å². The molecule has 4 aromatic rings. The Balaban J connectivity index is 1.31. The number of alkyl halides is 1. The van der Waals surface area contributed by atoms with E-state index in [1.54, 1.807) is 31.1 Å². The first-order valence-corrected chi connectivity index (χ1v) is 12.6. The maximum Gasteiger partial charge on any atom is 0.253 e. The highest BCUT2D eigenvalue weighted by Gasteiger charge is 2.31. The molecule has 0 unspecified atom stereocenters. The molecule has 5 rings (SSSR count). The van der Waals surface area contributed by atoms with Crippen molar-refractivity contribution in [2.24, 2.45) is 7.05 Å². The van der Waals surface area contributed by atoms with Crippen LogP contribution in [-0.2, 0) is 13.6 Å². The molecule has 37 heavy (non-hydrogen) atoms. The predicted octanol–water partition coefficient (Wildman–Crippen LogP) is 4.71. The van der Waals surface area contributed by atoms with Crippen LogP contribution >= 0.6 is 0 Å². The smallest absolute Gasteiger partial charge is 0.253 e. The maximum atomic E-state index is 15.4. The van der Waals surface area contributed by atoms with Gasteiger partial charge in [0.2, 0.25) is 0 Å². The maximum absolute atomic E-state index is 15.4. The molecule has 1 N–H and O–H groups in total. The summed E-state index contributed by atoms with van der Waals surface area (Å²) >= 11 is 0. The largest absolute Gasteiger partial charge is 0.387 e. The lowest BCUT2D eigenvalue weighted by Crippen LogP contribution is -2.40. The fourth-order valence-corrected chi connectivity index (χ4v) is 5.19. The number of pyridine rings is 2. The van der Waals surface area contributed by atoms with E-state index in [-0.39, 0.29) is 11.8 Å². The van der Waals surface area contributed by atoms with Crippen molar-refractivity contribution in [1.29, 1.82) is 0 Å². The zero-order valence-electron chi connectivity index (χ0n) is 21.8. The highest BCUT2D eigenvalue weighted by atomic mass is 19.1. The normalized spacial score (nSPS) is 18.2. The number of hydrogen-bond donors (Lipinski definition) is 1. The molecule has 192 valence electrons. The van der Waals surface area contributed by atoms with Gasteiger partial charge in [-0.15, -0.1) is 0 Å². The van der Waals surface area contributed by atoms with Crippen molar-refractivity contribution in [3.05, 3.63) is 77.7 Å². The van der Waals surface area contributed by atoms with Gasteiger partial charge in [0.25, 0.3) is 5.91 Å². The number of hydrogen-bond acceptors (Lipinski definition) is 5. The summed E-state index contributed by atoms with van der Waals surface area (Å²) in [7, 11) is 7.35. The molecule has 0 radical (unpaired) electrons. The molecule has 1 fully saturated rings. The number of rotatable bonds is 6. The molecule has 1 saturated heterocycles. The molecular weight excluding hydrogens is 467 g/mol. The molecule has 1 amide bonds. The van der Waals surface area contributed by atoms with Crippen molar-refractivity contribution in [2.75, 3.05) is 39.5 Å².